The van der Waals surface area contributed by atoms with Gasteiger partial charge in [-0.15, -0.1) is 0 Å². The second-order valence-electron chi connectivity index (χ2n) is 7.36. The minimum atomic E-state index is -3.84. The molecule has 0 spiro atoms. The van der Waals surface area contributed by atoms with E-state index >= 15 is 0 Å². The van der Waals surface area contributed by atoms with E-state index in [1.807, 2.05) is 26.0 Å². The molecule has 0 saturated heterocycles. The van der Waals surface area contributed by atoms with Gasteiger partial charge in [-0.2, -0.15) is 4.31 Å². The highest BCUT2D eigenvalue weighted by atomic mass is 32.2. The molecule has 1 N–H and O–H groups in total. The molecule has 154 valence electrons. The summed E-state index contributed by atoms with van der Waals surface area (Å²) in [6.07, 6.45) is 0.593. The number of nitrogens with one attached hydrogen (secondary N) is 1. The van der Waals surface area contributed by atoms with Gasteiger partial charge in [0.2, 0.25) is 21.8 Å². The number of aryl methyl sites for hydroxylation is 1. The second kappa shape index (κ2) is 7.96. The molecule has 1 heterocycles. The predicted molar refractivity (Wildman–Crippen MR) is 112 cm³/mol. The molecule has 2 aromatic rings. The lowest BCUT2D eigenvalue weighted by Crippen LogP contribution is -2.35. The summed E-state index contributed by atoms with van der Waals surface area (Å²) in [6.45, 7) is 4.99. The number of anilines is 2. The number of rotatable bonds is 5. The van der Waals surface area contributed by atoms with Gasteiger partial charge in [0, 0.05) is 31.4 Å². The molecule has 1 aliphatic heterocycles. The molecule has 0 aromatic heterocycles. The van der Waals surface area contributed by atoms with Crippen molar-refractivity contribution in [3.63, 3.8) is 0 Å². The van der Waals surface area contributed by atoms with Crippen molar-refractivity contribution in [1.82, 2.24) is 4.31 Å². The van der Waals surface area contributed by atoms with Gasteiger partial charge in [-0.1, -0.05) is 18.2 Å². The molecule has 1 aliphatic rings. The van der Waals surface area contributed by atoms with Gasteiger partial charge in [0.25, 0.3) is 0 Å². The monoisotopic (exact) mass is 415 g/mol. The zero-order valence-corrected chi connectivity index (χ0v) is 17.8. The first-order valence-corrected chi connectivity index (χ1v) is 10.8. The van der Waals surface area contributed by atoms with E-state index in [1.165, 1.54) is 20.0 Å². The number of carbonyl (C=O) groups is 2. The molecule has 29 heavy (non-hydrogen) atoms. The van der Waals surface area contributed by atoms with Crippen LogP contribution < -0.4 is 10.2 Å². The van der Waals surface area contributed by atoms with Crippen molar-refractivity contribution in [2.75, 3.05) is 23.8 Å². The highest BCUT2D eigenvalue weighted by Gasteiger charge is 2.31. The highest BCUT2D eigenvalue weighted by molar-refractivity contribution is 7.89. The van der Waals surface area contributed by atoms with Gasteiger partial charge in [0.05, 0.1) is 11.4 Å². The Morgan fingerprint density at radius 1 is 1.21 bits per heavy atom. The van der Waals surface area contributed by atoms with Crippen LogP contribution in [-0.4, -0.2) is 44.2 Å². The molecule has 0 radical (unpaired) electrons. The Hall–Kier alpha value is -2.71. The number of carbonyl (C=O) groups excluding carboxylic acids is 2. The Morgan fingerprint density at radius 3 is 2.55 bits per heavy atom. The van der Waals surface area contributed by atoms with Crippen LogP contribution in [0.3, 0.4) is 0 Å². The van der Waals surface area contributed by atoms with E-state index in [4.69, 9.17) is 0 Å². The first kappa shape index (κ1) is 21.0. The number of nitrogens with zero attached hydrogens (tertiary/aromatic N) is 2. The molecule has 1 atom stereocenters. The molecule has 2 amide bonds. The van der Waals surface area contributed by atoms with E-state index in [0.29, 0.717) is 12.1 Å². The molecule has 3 rings (SSSR count). The van der Waals surface area contributed by atoms with Crippen LogP contribution in [0.5, 0.6) is 0 Å². The summed E-state index contributed by atoms with van der Waals surface area (Å²) in [5.41, 5.74) is 3.10. The summed E-state index contributed by atoms with van der Waals surface area (Å²) in [6, 6.07) is 12.0. The van der Waals surface area contributed by atoms with Crippen LogP contribution in [0.4, 0.5) is 11.4 Å². The SMILES string of the molecule is CC(=O)N1c2ccc(S(=O)(=O)N(C)CC(=O)Nc3ccccc3C)cc2C[C@H]1C. The Morgan fingerprint density at radius 2 is 1.90 bits per heavy atom. The summed E-state index contributed by atoms with van der Waals surface area (Å²) in [7, 11) is -2.46. The maximum absolute atomic E-state index is 12.9. The van der Waals surface area contributed by atoms with Crippen molar-refractivity contribution in [2.45, 2.75) is 38.1 Å². The van der Waals surface area contributed by atoms with Gasteiger partial charge in [0.1, 0.15) is 0 Å². The smallest absolute Gasteiger partial charge is 0.243 e. The van der Waals surface area contributed by atoms with Crippen LogP contribution in [0, 0.1) is 6.92 Å². The Balaban J connectivity index is 1.77. The molecule has 0 saturated carbocycles. The molecule has 0 aliphatic carbocycles. The number of sulfonamides is 1. The molecule has 0 unspecified atom stereocenters. The maximum Gasteiger partial charge on any atom is 0.243 e. The van der Waals surface area contributed by atoms with Crippen LogP contribution in [0.2, 0.25) is 0 Å². The largest absolute Gasteiger partial charge is 0.325 e. The molecule has 8 heteroatoms. The number of likely N-dealkylation sites (N-methyl/N-ethyl adjacent to an activating group) is 1. The van der Waals surface area contributed by atoms with E-state index < -0.39 is 15.9 Å². The zero-order chi connectivity index (χ0) is 21.3. The van der Waals surface area contributed by atoms with Crippen molar-refractivity contribution in [3.05, 3.63) is 53.6 Å². The zero-order valence-electron chi connectivity index (χ0n) is 17.0. The average molecular weight is 416 g/mol. The molecule has 7 nitrogen and oxygen atoms in total. The Bertz CT molecular complexity index is 1070. The Kier molecular flexibility index (Phi) is 5.77. The van der Waals surface area contributed by atoms with Crippen molar-refractivity contribution < 1.29 is 18.0 Å². The molecular formula is C21H25N3O4S. The average Bonchev–Trinajstić information content (AvgIpc) is 2.98. The van der Waals surface area contributed by atoms with Gasteiger partial charge < -0.3 is 10.2 Å². The van der Waals surface area contributed by atoms with E-state index in [1.54, 1.807) is 29.2 Å². The summed E-state index contributed by atoms with van der Waals surface area (Å²) >= 11 is 0. The fraction of sp³-hybridized carbons (Fsp3) is 0.333. The van der Waals surface area contributed by atoms with Gasteiger partial charge in [-0.05, 0) is 55.7 Å². The highest BCUT2D eigenvalue weighted by Crippen LogP contribution is 2.34. The first-order chi connectivity index (χ1) is 13.6. The summed E-state index contributed by atoms with van der Waals surface area (Å²) in [5, 5.41) is 2.74. The minimum absolute atomic E-state index is 0.0157. The summed E-state index contributed by atoms with van der Waals surface area (Å²) < 4.78 is 26.9. The molecule has 2 aromatic carbocycles. The topological polar surface area (TPSA) is 86.8 Å². The third-order valence-corrected chi connectivity index (χ3v) is 6.90. The Labute approximate surface area is 171 Å². The van der Waals surface area contributed by atoms with E-state index in [9.17, 15) is 18.0 Å². The van der Waals surface area contributed by atoms with Gasteiger partial charge in [-0.3, -0.25) is 9.59 Å². The molecule has 0 fully saturated rings. The van der Waals surface area contributed by atoms with Gasteiger partial charge in [-0.25, -0.2) is 8.42 Å². The fourth-order valence-electron chi connectivity index (χ4n) is 3.62. The normalized spacial score (nSPS) is 16.0. The van der Waals surface area contributed by atoms with Crippen molar-refractivity contribution in [1.29, 1.82) is 0 Å². The number of hydrogen-bond donors (Lipinski definition) is 1. The number of amides is 2. The summed E-state index contributed by atoms with van der Waals surface area (Å²) in [4.78, 5) is 26.0. The standard InChI is InChI=1S/C21H25N3O4S/c1-14-7-5-6-8-19(14)22-21(26)13-23(4)29(27,28)18-9-10-20-17(12-18)11-15(2)24(20)16(3)25/h5-10,12,15H,11,13H2,1-4H3,(H,22,26)/t15-/m1/s1. The lowest BCUT2D eigenvalue weighted by molar-refractivity contribution is -0.117. The number of hydrogen-bond acceptors (Lipinski definition) is 4. The quantitative estimate of drug-likeness (QED) is 0.813. The maximum atomic E-state index is 12.9. The van der Waals surface area contributed by atoms with Crippen LogP contribution in [0.15, 0.2) is 47.4 Å². The van der Waals surface area contributed by atoms with Gasteiger partial charge >= 0.3 is 0 Å². The third kappa shape index (κ3) is 4.18. The van der Waals surface area contributed by atoms with Crippen LogP contribution in [0.1, 0.15) is 25.0 Å². The minimum Gasteiger partial charge on any atom is -0.325 e. The van der Waals surface area contributed by atoms with Crippen molar-refractivity contribution in [3.8, 4) is 0 Å². The van der Waals surface area contributed by atoms with E-state index in [-0.39, 0.29) is 23.4 Å². The van der Waals surface area contributed by atoms with Crippen molar-refractivity contribution in [2.24, 2.45) is 0 Å². The second-order valence-corrected chi connectivity index (χ2v) is 9.40. The summed E-state index contributed by atoms with van der Waals surface area (Å²) in [5.74, 6) is -0.486. The lowest BCUT2D eigenvalue weighted by atomic mass is 10.1. The van der Waals surface area contributed by atoms with Crippen LogP contribution >= 0.6 is 0 Å². The van der Waals surface area contributed by atoms with E-state index in [0.717, 1.165) is 21.1 Å². The van der Waals surface area contributed by atoms with Crippen LogP contribution in [0.25, 0.3) is 0 Å². The van der Waals surface area contributed by atoms with Crippen LogP contribution in [-0.2, 0) is 26.0 Å². The third-order valence-electron chi connectivity index (χ3n) is 5.10. The fourth-order valence-corrected chi connectivity index (χ4v) is 4.80. The lowest BCUT2D eigenvalue weighted by Gasteiger charge is -2.21. The molecular weight excluding hydrogens is 390 g/mol. The first-order valence-electron chi connectivity index (χ1n) is 9.36. The number of benzene rings is 2. The number of fused-ring (bicyclic) bond motifs is 1. The predicted octanol–water partition coefficient (Wildman–Crippen LogP) is 2.55. The molecule has 0 bridgehead atoms. The van der Waals surface area contributed by atoms with Gasteiger partial charge in [0.15, 0.2) is 0 Å². The number of para-hydroxylation sites is 1. The van der Waals surface area contributed by atoms with Crippen molar-refractivity contribution >= 4 is 33.2 Å². The van der Waals surface area contributed by atoms with E-state index in [2.05, 4.69) is 5.32 Å².